The van der Waals surface area contributed by atoms with Crippen LogP contribution < -0.4 is 5.56 Å². The Labute approximate surface area is 159 Å². The number of aromatic nitrogens is 5. The number of aryl methyl sites for hydroxylation is 2. The molecule has 0 atom stereocenters. The molecule has 3 heterocycles. The van der Waals surface area contributed by atoms with Crippen molar-refractivity contribution in [3.63, 3.8) is 0 Å². The number of H-pyrrole nitrogens is 1. The van der Waals surface area contributed by atoms with Crippen LogP contribution in [0.25, 0.3) is 11.3 Å². The number of nitrogens with one attached hydrogen (secondary N) is 1. The third kappa shape index (κ3) is 3.13. The van der Waals surface area contributed by atoms with Gasteiger partial charge in [-0.2, -0.15) is 5.26 Å². The smallest absolute Gasteiger partial charge is 0.272 e. The van der Waals surface area contributed by atoms with Crippen molar-refractivity contribution in [2.24, 2.45) is 0 Å². The molecule has 4 rings (SSSR count). The average Bonchev–Trinajstić information content (AvgIpc) is 3.26. The lowest BCUT2D eigenvalue weighted by Crippen LogP contribution is -2.15. The van der Waals surface area contributed by atoms with Gasteiger partial charge in [-0.1, -0.05) is 29.5 Å². The lowest BCUT2D eigenvalue weighted by atomic mass is 10.1. The van der Waals surface area contributed by atoms with Gasteiger partial charge < -0.3 is 0 Å². The molecule has 0 saturated carbocycles. The minimum absolute atomic E-state index is 0.241. The zero-order chi connectivity index (χ0) is 19.0. The molecule has 0 radical (unpaired) electrons. The van der Waals surface area contributed by atoms with Crippen molar-refractivity contribution in [3.05, 3.63) is 75.6 Å². The third-order valence-electron chi connectivity index (χ3n) is 4.24. The molecule has 7 nitrogen and oxygen atoms in total. The van der Waals surface area contributed by atoms with E-state index in [4.69, 9.17) is 5.26 Å². The molecule has 8 heteroatoms. The molecule has 1 aromatic carbocycles. The quantitative estimate of drug-likeness (QED) is 0.553. The van der Waals surface area contributed by atoms with Gasteiger partial charge in [-0.3, -0.25) is 14.5 Å². The van der Waals surface area contributed by atoms with E-state index in [1.807, 2.05) is 16.8 Å². The van der Waals surface area contributed by atoms with Gasteiger partial charge in [0.15, 0.2) is 10.8 Å². The molecule has 0 spiro atoms. The number of rotatable bonds is 4. The van der Waals surface area contributed by atoms with Crippen molar-refractivity contribution in [3.8, 4) is 11.8 Å². The topological polar surface area (TPSA) is 91.8 Å². The van der Waals surface area contributed by atoms with Crippen molar-refractivity contribution in [1.82, 2.24) is 24.1 Å². The Morgan fingerprint density at radius 3 is 2.93 bits per heavy atom. The molecule has 3 aromatic heterocycles. The zero-order valence-electron chi connectivity index (χ0n) is 14.8. The number of thioether (sulfide) groups is 1. The van der Waals surface area contributed by atoms with Gasteiger partial charge in [0.25, 0.3) is 5.56 Å². The minimum Gasteiger partial charge on any atom is -0.295 e. The second kappa shape index (κ2) is 6.78. The van der Waals surface area contributed by atoms with Crippen LogP contribution in [0, 0.1) is 25.2 Å². The highest BCUT2D eigenvalue weighted by Gasteiger charge is 2.12. The first-order valence-corrected chi connectivity index (χ1v) is 9.29. The lowest BCUT2D eigenvalue weighted by Gasteiger charge is -2.11. The van der Waals surface area contributed by atoms with Crippen LogP contribution in [0.4, 0.5) is 0 Å². The van der Waals surface area contributed by atoms with Gasteiger partial charge >= 0.3 is 0 Å². The third-order valence-corrected chi connectivity index (χ3v) is 5.24. The van der Waals surface area contributed by atoms with Crippen molar-refractivity contribution in [2.75, 3.05) is 0 Å². The Morgan fingerprint density at radius 2 is 2.15 bits per heavy atom. The second-order valence-corrected chi connectivity index (χ2v) is 7.14. The Hall–Kier alpha value is -3.31. The van der Waals surface area contributed by atoms with Crippen LogP contribution in [0.3, 0.4) is 0 Å². The summed E-state index contributed by atoms with van der Waals surface area (Å²) in [5, 5.41) is 12.7. The van der Waals surface area contributed by atoms with E-state index in [0.717, 1.165) is 10.8 Å². The molecule has 134 valence electrons. The predicted molar refractivity (Wildman–Crippen MR) is 103 cm³/mol. The Kier molecular flexibility index (Phi) is 4.30. The van der Waals surface area contributed by atoms with Crippen LogP contribution in [0.2, 0.25) is 0 Å². The van der Waals surface area contributed by atoms with E-state index in [9.17, 15) is 4.79 Å². The highest BCUT2D eigenvalue weighted by Crippen LogP contribution is 2.25. The zero-order valence-corrected chi connectivity index (χ0v) is 15.6. The molecule has 27 heavy (non-hydrogen) atoms. The summed E-state index contributed by atoms with van der Waals surface area (Å²) in [7, 11) is 0. The SMILES string of the molecule is Cc1ccc(-n2ccnc2SCc2cc(=O)n3[nH]cc(C#N)c3n2)c(C)c1. The van der Waals surface area contributed by atoms with E-state index >= 15 is 0 Å². The van der Waals surface area contributed by atoms with Crippen LogP contribution in [0.5, 0.6) is 0 Å². The monoisotopic (exact) mass is 376 g/mol. The van der Waals surface area contributed by atoms with E-state index in [0.29, 0.717) is 22.7 Å². The number of nitriles is 1. The van der Waals surface area contributed by atoms with Crippen molar-refractivity contribution < 1.29 is 0 Å². The summed E-state index contributed by atoms with van der Waals surface area (Å²) in [6, 6.07) is 9.79. The van der Waals surface area contributed by atoms with Gasteiger partial charge in [0.05, 0.1) is 11.4 Å². The Balaban J connectivity index is 1.64. The molecule has 0 bridgehead atoms. The normalized spacial score (nSPS) is 11.0. The summed E-state index contributed by atoms with van der Waals surface area (Å²) in [5.74, 6) is 0.476. The van der Waals surface area contributed by atoms with Gasteiger partial charge in [0.2, 0.25) is 0 Å². The number of hydrogen-bond acceptors (Lipinski definition) is 5. The summed E-state index contributed by atoms with van der Waals surface area (Å²) >= 11 is 1.50. The van der Waals surface area contributed by atoms with Crippen LogP contribution >= 0.6 is 11.8 Å². The summed E-state index contributed by atoms with van der Waals surface area (Å²) < 4.78 is 3.30. The maximum absolute atomic E-state index is 12.2. The Morgan fingerprint density at radius 1 is 1.30 bits per heavy atom. The number of aromatic amines is 1. The number of imidazole rings is 1. The van der Waals surface area contributed by atoms with Gasteiger partial charge in [-0.25, -0.2) is 14.5 Å². The number of nitrogens with zero attached hydrogens (tertiary/aromatic N) is 5. The van der Waals surface area contributed by atoms with E-state index in [1.54, 1.807) is 6.20 Å². The maximum Gasteiger partial charge on any atom is 0.272 e. The number of hydrogen-bond donors (Lipinski definition) is 1. The number of benzene rings is 1. The molecule has 0 fully saturated rings. The first-order chi connectivity index (χ1) is 13.1. The molecule has 0 aliphatic carbocycles. The van der Waals surface area contributed by atoms with E-state index in [1.165, 1.54) is 39.7 Å². The summed E-state index contributed by atoms with van der Waals surface area (Å²) in [5.41, 5.74) is 4.50. The van der Waals surface area contributed by atoms with Crippen LogP contribution in [0.15, 0.2) is 52.8 Å². The molecule has 0 amide bonds. The predicted octanol–water partition coefficient (Wildman–Crippen LogP) is 2.99. The van der Waals surface area contributed by atoms with Gasteiger partial charge in [0.1, 0.15) is 11.6 Å². The maximum atomic E-state index is 12.2. The molecule has 0 unspecified atom stereocenters. The van der Waals surface area contributed by atoms with E-state index < -0.39 is 0 Å². The fourth-order valence-electron chi connectivity index (χ4n) is 2.98. The lowest BCUT2D eigenvalue weighted by molar-refractivity contribution is 0.878. The number of fused-ring (bicyclic) bond motifs is 1. The summed E-state index contributed by atoms with van der Waals surface area (Å²) in [4.78, 5) is 21.1. The van der Waals surface area contributed by atoms with Gasteiger partial charge in [-0.15, -0.1) is 0 Å². The molecular weight excluding hydrogens is 360 g/mol. The van der Waals surface area contributed by atoms with Crippen molar-refractivity contribution in [2.45, 2.75) is 24.8 Å². The van der Waals surface area contributed by atoms with Crippen LogP contribution in [-0.4, -0.2) is 24.1 Å². The highest BCUT2D eigenvalue weighted by atomic mass is 32.2. The van der Waals surface area contributed by atoms with Crippen molar-refractivity contribution >= 4 is 17.4 Å². The minimum atomic E-state index is -0.241. The highest BCUT2D eigenvalue weighted by molar-refractivity contribution is 7.98. The fraction of sp³-hybridized carbons (Fsp3) is 0.158. The summed E-state index contributed by atoms with van der Waals surface area (Å²) in [6.07, 6.45) is 5.16. The average molecular weight is 376 g/mol. The standard InChI is InChI=1S/C19H16N6OS/c1-12-3-4-16(13(2)7-12)24-6-5-21-19(24)27-11-15-8-17(26)25-18(23-15)14(9-20)10-22-25/h3-8,10,22H,11H2,1-2H3. The fourth-order valence-corrected chi connectivity index (χ4v) is 3.84. The first kappa shape index (κ1) is 17.1. The molecular formula is C19H16N6OS. The van der Waals surface area contributed by atoms with Gasteiger partial charge in [0, 0.05) is 30.4 Å². The van der Waals surface area contributed by atoms with E-state index in [-0.39, 0.29) is 5.56 Å². The molecule has 4 aromatic rings. The van der Waals surface area contributed by atoms with Crippen molar-refractivity contribution in [1.29, 1.82) is 5.26 Å². The molecule has 0 aliphatic rings. The van der Waals surface area contributed by atoms with Crippen LogP contribution in [0.1, 0.15) is 22.4 Å². The second-order valence-electron chi connectivity index (χ2n) is 6.20. The molecule has 0 aliphatic heterocycles. The first-order valence-electron chi connectivity index (χ1n) is 8.31. The Bertz CT molecular complexity index is 1240. The largest absolute Gasteiger partial charge is 0.295 e. The van der Waals surface area contributed by atoms with Crippen LogP contribution in [-0.2, 0) is 5.75 Å². The molecule has 0 saturated heterocycles. The van der Waals surface area contributed by atoms with E-state index in [2.05, 4.69) is 47.1 Å². The summed E-state index contributed by atoms with van der Waals surface area (Å²) in [6.45, 7) is 4.14. The van der Waals surface area contributed by atoms with Gasteiger partial charge in [-0.05, 0) is 25.5 Å². The molecule has 1 N–H and O–H groups in total.